The van der Waals surface area contributed by atoms with E-state index in [4.69, 9.17) is 10.5 Å². The number of fused-ring (bicyclic) bond motifs is 1. The van der Waals surface area contributed by atoms with Gasteiger partial charge in [-0.2, -0.15) is 0 Å². The van der Waals surface area contributed by atoms with Gasteiger partial charge in [-0.25, -0.2) is 9.37 Å². The van der Waals surface area contributed by atoms with Gasteiger partial charge in [0, 0.05) is 25.5 Å². The molecular formula is C22H25FN4O2. The molecule has 1 saturated heterocycles. The number of nitrogens with two attached hydrogens (primary N) is 1. The van der Waals surface area contributed by atoms with Gasteiger partial charge in [0.15, 0.2) is 11.6 Å². The number of H-pyrrole nitrogens is 1. The molecule has 4 rings (SSSR count). The number of benzene rings is 1. The van der Waals surface area contributed by atoms with Gasteiger partial charge >= 0.3 is 0 Å². The van der Waals surface area contributed by atoms with Gasteiger partial charge in [0.25, 0.3) is 0 Å². The number of amides is 1. The molecule has 0 radical (unpaired) electrons. The van der Waals surface area contributed by atoms with E-state index in [0.717, 1.165) is 43.3 Å². The van der Waals surface area contributed by atoms with Crippen molar-refractivity contribution in [3.8, 4) is 11.5 Å². The maximum Gasteiger partial charge on any atom is 0.239 e. The van der Waals surface area contributed by atoms with E-state index in [1.807, 2.05) is 18.0 Å². The average molecular weight is 396 g/mol. The fourth-order valence-electron chi connectivity index (χ4n) is 3.83. The van der Waals surface area contributed by atoms with Crippen LogP contribution in [-0.4, -0.2) is 39.9 Å². The summed E-state index contributed by atoms with van der Waals surface area (Å²) in [5.41, 5.74) is 8.44. The smallest absolute Gasteiger partial charge is 0.239 e. The van der Waals surface area contributed by atoms with Crippen LogP contribution in [-0.2, 0) is 11.2 Å². The summed E-state index contributed by atoms with van der Waals surface area (Å²) < 4.78 is 20.5. The minimum Gasteiger partial charge on any atom is -0.453 e. The molecule has 1 aromatic carbocycles. The van der Waals surface area contributed by atoms with E-state index < -0.39 is 11.9 Å². The molecule has 1 atom stereocenters. The van der Waals surface area contributed by atoms with Gasteiger partial charge < -0.3 is 20.4 Å². The molecule has 3 aromatic rings. The minimum atomic E-state index is -0.665. The summed E-state index contributed by atoms with van der Waals surface area (Å²) in [6, 6.07) is 5.77. The first kappa shape index (κ1) is 19.4. The van der Waals surface area contributed by atoms with Crippen LogP contribution in [0.25, 0.3) is 11.0 Å². The molecule has 152 valence electrons. The van der Waals surface area contributed by atoms with Crippen LogP contribution in [0.3, 0.4) is 0 Å². The minimum absolute atomic E-state index is 0.0625. The lowest BCUT2D eigenvalue weighted by atomic mass is 10.0. The maximum atomic E-state index is 14.7. The number of piperidine rings is 1. The number of ether oxygens (including phenoxy) is 1. The molecule has 1 fully saturated rings. The molecule has 0 spiro atoms. The largest absolute Gasteiger partial charge is 0.453 e. The van der Waals surface area contributed by atoms with Crippen molar-refractivity contribution in [3.63, 3.8) is 0 Å². The van der Waals surface area contributed by atoms with Crippen molar-refractivity contribution in [1.82, 2.24) is 14.9 Å². The van der Waals surface area contributed by atoms with Crippen molar-refractivity contribution >= 4 is 16.9 Å². The molecule has 1 amide bonds. The summed E-state index contributed by atoms with van der Waals surface area (Å²) in [6.07, 6.45) is 6.93. The topological polar surface area (TPSA) is 84.2 Å². The van der Waals surface area contributed by atoms with Crippen molar-refractivity contribution < 1.29 is 13.9 Å². The predicted molar refractivity (Wildman–Crippen MR) is 109 cm³/mol. The highest BCUT2D eigenvalue weighted by Crippen LogP contribution is 2.32. The van der Waals surface area contributed by atoms with Gasteiger partial charge in [-0.05, 0) is 61.9 Å². The number of aryl methyl sites for hydroxylation is 1. The van der Waals surface area contributed by atoms with E-state index in [9.17, 15) is 9.18 Å². The summed E-state index contributed by atoms with van der Waals surface area (Å²) >= 11 is 0. The fraction of sp³-hybridized carbons (Fsp3) is 0.364. The van der Waals surface area contributed by atoms with Crippen molar-refractivity contribution in [2.45, 2.75) is 38.6 Å². The standard InChI is InChI=1S/C22H25FN4O2/c1-14-13-26-21-20(14)19(7-8-25-21)29-18-6-5-15(11-16(18)23)12-17(24)22(28)27-9-3-2-4-10-27/h5-8,11,13,17H,2-4,9-10,12,24H2,1H3,(H,25,26). The number of carbonyl (C=O) groups excluding carboxylic acids is 1. The molecule has 2 aromatic heterocycles. The summed E-state index contributed by atoms with van der Waals surface area (Å²) in [5.74, 6) is 0.112. The number of aromatic nitrogens is 2. The molecule has 1 aliphatic heterocycles. The van der Waals surface area contributed by atoms with Crippen LogP contribution < -0.4 is 10.5 Å². The highest BCUT2D eigenvalue weighted by Gasteiger charge is 2.23. The molecule has 0 bridgehead atoms. The molecule has 6 nitrogen and oxygen atoms in total. The molecule has 1 aliphatic rings. The van der Waals surface area contributed by atoms with E-state index in [0.29, 0.717) is 23.4 Å². The van der Waals surface area contributed by atoms with Crippen LogP contribution in [0.15, 0.2) is 36.7 Å². The van der Waals surface area contributed by atoms with Crippen LogP contribution >= 0.6 is 0 Å². The van der Waals surface area contributed by atoms with Gasteiger partial charge in [0.2, 0.25) is 5.91 Å². The lowest BCUT2D eigenvalue weighted by Crippen LogP contribution is -2.46. The zero-order valence-corrected chi connectivity index (χ0v) is 16.5. The number of aromatic amines is 1. The van der Waals surface area contributed by atoms with Crippen molar-refractivity contribution in [2.75, 3.05) is 13.1 Å². The molecule has 7 heteroatoms. The second-order valence-electron chi connectivity index (χ2n) is 7.57. The molecule has 3 N–H and O–H groups in total. The van der Waals surface area contributed by atoms with Crippen LogP contribution in [0, 0.1) is 12.7 Å². The fourth-order valence-corrected chi connectivity index (χ4v) is 3.83. The third-order valence-corrected chi connectivity index (χ3v) is 5.39. The molecule has 0 saturated carbocycles. The number of halogens is 1. The monoisotopic (exact) mass is 396 g/mol. The summed E-state index contributed by atoms with van der Waals surface area (Å²) in [4.78, 5) is 21.6. The Morgan fingerprint density at radius 3 is 2.83 bits per heavy atom. The first-order valence-electron chi connectivity index (χ1n) is 9.96. The molecule has 29 heavy (non-hydrogen) atoms. The molecule has 1 unspecified atom stereocenters. The van der Waals surface area contributed by atoms with Crippen molar-refractivity contribution in [3.05, 3.63) is 53.6 Å². The Hall–Kier alpha value is -2.93. The first-order valence-corrected chi connectivity index (χ1v) is 9.96. The Bertz CT molecular complexity index is 1030. The van der Waals surface area contributed by atoms with E-state index >= 15 is 0 Å². The number of hydrogen-bond donors (Lipinski definition) is 2. The van der Waals surface area contributed by atoms with Gasteiger partial charge in [-0.1, -0.05) is 6.07 Å². The maximum absolute atomic E-state index is 14.7. The third kappa shape index (κ3) is 4.10. The normalized spacial score (nSPS) is 15.5. The number of hydrogen-bond acceptors (Lipinski definition) is 4. The average Bonchev–Trinajstić information content (AvgIpc) is 3.12. The Morgan fingerprint density at radius 2 is 2.07 bits per heavy atom. The van der Waals surface area contributed by atoms with Crippen LogP contribution in [0.5, 0.6) is 11.5 Å². The molecule has 3 heterocycles. The third-order valence-electron chi connectivity index (χ3n) is 5.39. The second kappa shape index (κ2) is 8.21. The van der Waals surface area contributed by atoms with Crippen molar-refractivity contribution in [2.24, 2.45) is 5.73 Å². The quantitative estimate of drug-likeness (QED) is 0.689. The zero-order chi connectivity index (χ0) is 20.4. The number of rotatable bonds is 5. The number of likely N-dealkylation sites (tertiary alicyclic amines) is 1. The Balaban J connectivity index is 1.47. The van der Waals surface area contributed by atoms with Gasteiger partial charge in [0.1, 0.15) is 11.4 Å². The summed E-state index contributed by atoms with van der Waals surface area (Å²) in [6.45, 7) is 3.45. The van der Waals surface area contributed by atoms with Crippen molar-refractivity contribution in [1.29, 1.82) is 0 Å². The Morgan fingerprint density at radius 1 is 1.28 bits per heavy atom. The van der Waals surface area contributed by atoms with Crippen LogP contribution in [0.2, 0.25) is 0 Å². The molecular weight excluding hydrogens is 371 g/mol. The highest BCUT2D eigenvalue weighted by molar-refractivity contribution is 5.86. The second-order valence-corrected chi connectivity index (χ2v) is 7.57. The lowest BCUT2D eigenvalue weighted by Gasteiger charge is -2.29. The van der Waals surface area contributed by atoms with Gasteiger partial charge in [0.05, 0.1) is 11.4 Å². The van der Waals surface area contributed by atoms with E-state index in [2.05, 4.69) is 9.97 Å². The van der Waals surface area contributed by atoms with Gasteiger partial charge in [-0.15, -0.1) is 0 Å². The number of nitrogens with one attached hydrogen (secondary N) is 1. The zero-order valence-electron chi connectivity index (χ0n) is 16.5. The molecule has 0 aliphatic carbocycles. The summed E-state index contributed by atoms with van der Waals surface area (Å²) in [5, 5.41) is 0.824. The SMILES string of the molecule is Cc1c[nH]c2nccc(Oc3ccc(CC(N)C(=O)N4CCCCC4)cc3F)c12. The predicted octanol–water partition coefficient (Wildman–Crippen LogP) is 3.69. The highest BCUT2D eigenvalue weighted by atomic mass is 19.1. The van der Waals surface area contributed by atoms with Crippen LogP contribution in [0.1, 0.15) is 30.4 Å². The Kier molecular flexibility index (Phi) is 5.49. The number of carbonyl (C=O) groups is 1. The van der Waals surface area contributed by atoms with E-state index in [-0.39, 0.29) is 11.7 Å². The summed E-state index contributed by atoms with van der Waals surface area (Å²) in [7, 11) is 0. The number of pyridine rings is 1. The lowest BCUT2D eigenvalue weighted by molar-refractivity contribution is -0.133. The van der Waals surface area contributed by atoms with Crippen LogP contribution in [0.4, 0.5) is 4.39 Å². The first-order chi connectivity index (χ1) is 14.0. The van der Waals surface area contributed by atoms with Gasteiger partial charge in [-0.3, -0.25) is 4.79 Å². The Labute approximate surface area is 168 Å². The number of nitrogens with zero attached hydrogens (tertiary/aromatic N) is 2. The van der Waals surface area contributed by atoms with E-state index in [1.54, 1.807) is 24.4 Å². The van der Waals surface area contributed by atoms with E-state index in [1.165, 1.54) is 6.07 Å².